The van der Waals surface area contributed by atoms with Gasteiger partial charge in [0.2, 0.25) is 0 Å². The first-order valence-corrected chi connectivity index (χ1v) is 6.89. The van der Waals surface area contributed by atoms with Crippen LogP contribution in [0.25, 0.3) is 0 Å². The summed E-state index contributed by atoms with van der Waals surface area (Å²) >= 11 is 0. The lowest BCUT2D eigenvalue weighted by Gasteiger charge is -2.09. The molecule has 2 aromatic rings. The summed E-state index contributed by atoms with van der Waals surface area (Å²) in [4.78, 5) is 11.8. The fourth-order valence-corrected chi connectivity index (χ4v) is 1.94. The number of hydrogen-bond acceptors (Lipinski definition) is 3. The molecule has 4 nitrogen and oxygen atoms in total. The number of carbonyl (C=O) groups excluding carboxylic acids is 1. The second-order valence-corrected chi connectivity index (χ2v) is 5.06. The summed E-state index contributed by atoms with van der Waals surface area (Å²) in [7, 11) is 0. The maximum Gasteiger partial charge on any atom is 0.262 e. The highest BCUT2D eigenvalue weighted by Gasteiger charge is 2.05. The van der Waals surface area contributed by atoms with Gasteiger partial charge in [0, 0.05) is 11.7 Å². The molecule has 0 saturated heterocycles. The molecule has 2 aromatic carbocycles. The van der Waals surface area contributed by atoms with Crippen molar-refractivity contribution >= 4 is 11.6 Å². The number of nitrogens with one attached hydrogen (secondary N) is 1. The quantitative estimate of drug-likeness (QED) is 0.887. The molecular formula is C17H20N2O2. The van der Waals surface area contributed by atoms with Gasteiger partial charge in [-0.2, -0.15) is 0 Å². The zero-order valence-corrected chi connectivity index (χ0v) is 12.3. The van der Waals surface area contributed by atoms with Gasteiger partial charge >= 0.3 is 0 Å². The fraction of sp³-hybridized carbons (Fsp3) is 0.235. The molecule has 0 radical (unpaired) electrons. The van der Waals surface area contributed by atoms with Crippen LogP contribution in [0.3, 0.4) is 0 Å². The zero-order valence-electron chi connectivity index (χ0n) is 12.3. The van der Waals surface area contributed by atoms with Crippen molar-refractivity contribution in [2.75, 3.05) is 11.9 Å². The van der Waals surface area contributed by atoms with Crippen molar-refractivity contribution < 1.29 is 9.53 Å². The Morgan fingerprint density at radius 3 is 2.57 bits per heavy atom. The van der Waals surface area contributed by atoms with E-state index in [1.165, 1.54) is 0 Å². The molecule has 0 aliphatic heterocycles. The van der Waals surface area contributed by atoms with Crippen molar-refractivity contribution in [1.29, 1.82) is 0 Å². The first-order chi connectivity index (χ1) is 10.0. The van der Waals surface area contributed by atoms with Crippen LogP contribution < -0.4 is 15.8 Å². The van der Waals surface area contributed by atoms with E-state index in [1.54, 1.807) is 0 Å². The Morgan fingerprint density at radius 2 is 1.95 bits per heavy atom. The minimum absolute atomic E-state index is 0.0105. The van der Waals surface area contributed by atoms with Crippen LogP contribution in [0.15, 0.2) is 48.5 Å². The van der Waals surface area contributed by atoms with Crippen LogP contribution in [-0.4, -0.2) is 12.5 Å². The number of anilines is 1. The van der Waals surface area contributed by atoms with Gasteiger partial charge in [-0.25, -0.2) is 0 Å². The first kappa shape index (κ1) is 15.1. The number of hydrogen-bond donors (Lipinski definition) is 2. The van der Waals surface area contributed by atoms with Crippen LogP contribution in [0.4, 0.5) is 5.69 Å². The summed E-state index contributed by atoms with van der Waals surface area (Å²) in [6.07, 6.45) is 0. The van der Waals surface area contributed by atoms with Gasteiger partial charge < -0.3 is 15.8 Å². The average molecular weight is 284 g/mol. The summed E-state index contributed by atoms with van der Waals surface area (Å²) in [5.41, 5.74) is 8.68. The third-order valence-electron chi connectivity index (χ3n) is 3.08. The topological polar surface area (TPSA) is 64.3 Å². The molecule has 2 rings (SSSR count). The van der Waals surface area contributed by atoms with E-state index in [1.807, 2.05) is 62.4 Å². The molecule has 1 amide bonds. The number of nitrogens with two attached hydrogens (primary N) is 1. The Labute approximate surface area is 124 Å². The first-order valence-electron chi connectivity index (χ1n) is 6.89. The van der Waals surface area contributed by atoms with Gasteiger partial charge in [0.05, 0.1) is 0 Å². The number of rotatable bonds is 5. The van der Waals surface area contributed by atoms with Crippen LogP contribution in [-0.2, 0) is 4.79 Å². The third kappa shape index (κ3) is 4.61. The van der Waals surface area contributed by atoms with E-state index in [0.29, 0.717) is 5.75 Å². The standard InChI is InChI=1S/C17H20N2O2/c1-12-4-3-5-15(10-12)19-17(20)11-21-16-8-6-14(7-9-16)13(2)18/h3-10,13H,11,18H2,1-2H3,(H,19,20)/t13-/m1/s1. The van der Waals surface area contributed by atoms with Crippen LogP contribution >= 0.6 is 0 Å². The maximum absolute atomic E-state index is 11.8. The van der Waals surface area contributed by atoms with E-state index >= 15 is 0 Å². The fourth-order valence-electron chi connectivity index (χ4n) is 1.94. The van der Waals surface area contributed by atoms with Crippen LogP contribution in [0, 0.1) is 6.92 Å². The Hall–Kier alpha value is -2.33. The summed E-state index contributed by atoms with van der Waals surface area (Å²) in [5, 5.41) is 2.80. The summed E-state index contributed by atoms with van der Waals surface area (Å²) in [6.45, 7) is 3.88. The lowest BCUT2D eigenvalue weighted by Crippen LogP contribution is -2.20. The monoisotopic (exact) mass is 284 g/mol. The lowest BCUT2D eigenvalue weighted by molar-refractivity contribution is -0.118. The van der Waals surface area contributed by atoms with Gasteiger partial charge in [0.1, 0.15) is 5.75 Å². The molecule has 0 aliphatic rings. The normalized spacial score (nSPS) is 11.8. The van der Waals surface area contributed by atoms with E-state index in [2.05, 4.69) is 5.32 Å². The van der Waals surface area contributed by atoms with Crippen molar-refractivity contribution in [3.05, 3.63) is 59.7 Å². The van der Waals surface area contributed by atoms with Crippen molar-refractivity contribution in [3.8, 4) is 5.75 Å². The zero-order chi connectivity index (χ0) is 15.2. The highest BCUT2D eigenvalue weighted by atomic mass is 16.5. The molecule has 1 atom stereocenters. The Bertz CT molecular complexity index is 606. The second-order valence-electron chi connectivity index (χ2n) is 5.06. The van der Waals surface area contributed by atoms with Gasteiger partial charge in [-0.05, 0) is 49.2 Å². The molecule has 0 spiro atoms. The minimum atomic E-state index is -0.183. The lowest BCUT2D eigenvalue weighted by atomic mass is 10.1. The molecular weight excluding hydrogens is 264 g/mol. The van der Waals surface area contributed by atoms with Crippen molar-refractivity contribution in [2.24, 2.45) is 5.73 Å². The van der Waals surface area contributed by atoms with E-state index in [9.17, 15) is 4.79 Å². The predicted octanol–water partition coefficient (Wildman–Crippen LogP) is 3.03. The van der Waals surface area contributed by atoms with Crippen LogP contribution in [0.5, 0.6) is 5.75 Å². The van der Waals surface area contributed by atoms with Crippen molar-refractivity contribution in [3.63, 3.8) is 0 Å². The SMILES string of the molecule is Cc1cccc(NC(=O)COc2ccc([C@@H](C)N)cc2)c1. The van der Waals surface area contributed by atoms with E-state index in [0.717, 1.165) is 16.8 Å². The molecule has 0 fully saturated rings. The number of ether oxygens (including phenoxy) is 1. The Balaban J connectivity index is 1.86. The molecule has 0 bridgehead atoms. The van der Waals surface area contributed by atoms with Crippen molar-refractivity contribution in [2.45, 2.75) is 19.9 Å². The number of benzene rings is 2. The molecule has 3 N–H and O–H groups in total. The minimum Gasteiger partial charge on any atom is -0.484 e. The highest BCUT2D eigenvalue weighted by molar-refractivity contribution is 5.91. The highest BCUT2D eigenvalue weighted by Crippen LogP contribution is 2.16. The van der Waals surface area contributed by atoms with Gasteiger partial charge in [0.15, 0.2) is 6.61 Å². The largest absolute Gasteiger partial charge is 0.484 e. The average Bonchev–Trinajstić information content (AvgIpc) is 2.45. The van der Waals surface area contributed by atoms with E-state index < -0.39 is 0 Å². The van der Waals surface area contributed by atoms with E-state index in [4.69, 9.17) is 10.5 Å². The molecule has 0 heterocycles. The van der Waals surface area contributed by atoms with Crippen LogP contribution in [0.1, 0.15) is 24.1 Å². The van der Waals surface area contributed by atoms with Gasteiger partial charge in [-0.15, -0.1) is 0 Å². The molecule has 0 unspecified atom stereocenters. The number of aryl methyl sites for hydroxylation is 1. The summed E-state index contributed by atoms with van der Waals surface area (Å²) < 4.78 is 5.45. The molecule has 21 heavy (non-hydrogen) atoms. The number of amides is 1. The Kier molecular flexibility index (Phi) is 4.95. The van der Waals surface area contributed by atoms with Gasteiger partial charge in [-0.1, -0.05) is 24.3 Å². The number of carbonyl (C=O) groups is 1. The predicted molar refractivity (Wildman–Crippen MR) is 84.3 cm³/mol. The van der Waals surface area contributed by atoms with Gasteiger partial charge in [-0.3, -0.25) is 4.79 Å². The smallest absolute Gasteiger partial charge is 0.262 e. The van der Waals surface area contributed by atoms with E-state index in [-0.39, 0.29) is 18.6 Å². The molecule has 0 saturated carbocycles. The molecule has 4 heteroatoms. The summed E-state index contributed by atoms with van der Waals surface area (Å²) in [5.74, 6) is 0.468. The second kappa shape index (κ2) is 6.90. The van der Waals surface area contributed by atoms with Crippen molar-refractivity contribution in [1.82, 2.24) is 0 Å². The summed E-state index contributed by atoms with van der Waals surface area (Å²) in [6, 6.07) is 15.1. The van der Waals surface area contributed by atoms with Gasteiger partial charge in [0.25, 0.3) is 5.91 Å². The third-order valence-corrected chi connectivity index (χ3v) is 3.08. The Morgan fingerprint density at radius 1 is 1.24 bits per heavy atom. The molecule has 110 valence electrons. The van der Waals surface area contributed by atoms with Crippen LogP contribution in [0.2, 0.25) is 0 Å². The molecule has 0 aromatic heterocycles. The molecule has 0 aliphatic carbocycles. The maximum atomic E-state index is 11.8.